The van der Waals surface area contributed by atoms with E-state index in [1.54, 1.807) is 0 Å². The molecule has 0 aromatic carbocycles. The van der Waals surface area contributed by atoms with Crippen LogP contribution in [0.1, 0.15) is 46.5 Å². The van der Waals surface area contributed by atoms with E-state index in [0.717, 1.165) is 6.54 Å². The molecule has 96 valence electrons. The summed E-state index contributed by atoms with van der Waals surface area (Å²) in [5.41, 5.74) is 0.515. The molecule has 1 saturated carbocycles. The number of nitrogens with zero attached hydrogens (tertiary/aromatic N) is 2. The summed E-state index contributed by atoms with van der Waals surface area (Å²) in [7, 11) is 0. The molecule has 1 fully saturated rings. The Morgan fingerprint density at radius 1 is 1.53 bits per heavy atom. The number of rotatable bonds is 4. The van der Waals surface area contributed by atoms with Gasteiger partial charge in [-0.05, 0) is 37.7 Å². The number of hydrogen-bond donors (Lipinski definition) is 1. The average Bonchev–Trinajstić information content (AvgIpc) is 2.68. The molecule has 2 rings (SSSR count). The third kappa shape index (κ3) is 3.84. The maximum atomic E-state index is 4.25. The fraction of sp³-hybridized carbons (Fsp3) is 0.786. The minimum atomic E-state index is 0.494. The van der Waals surface area contributed by atoms with Gasteiger partial charge in [0.05, 0.1) is 6.54 Å². The van der Waals surface area contributed by atoms with Crippen LogP contribution in [-0.4, -0.2) is 21.9 Å². The summed E-state index contributed by atoms with van der Waals surface area (Å²) in [5.74, 6) is 0. The van der Waals surface area contributed by atoms with Crippen molar-refractivity contribution in [2.75, 3.05) is 0 Å². The van der Waals surface area contributed by atoms with Crippen molar-refractivity contribution in [1.29, 1.82) is 0 Å². The lowest BCUT2D eigenvalue weighted by atomic mass is 9.75. The highest BCUT2D eigenvalue weighted by Gasteiger charge is 2.28. The Morgan fingerprint density at radius 2 is 2.35 bits per heavy atom. The zero-order chi connectivity index (χ0) is 12.3. The topological polar surface area (TPSA) is 29.9 Å². The smallest absolute Gasteiger partial charge is 0.0560 e. The fourth-order valence-electron chi connectivity index (χ4n) is 2.98. The van der Waals surface area contributed by atoms with Crippen LogP contribution in [0.25, 0.3) is 0 Å². The second-order valence-corrected chi connectivity index (χ2v) is 6.25. The van der Waals surface area contributed by atoms with Crippen molar-refractivity contribution in [3.8, 4) is 0 Å². The van der Waals surface area contributed by atoms with Gasteiger partial charge in [-0.3, -0.25) is 4.68 Å². The molecule has 1 heterocycles. The molecule has 0 radical (unpaired) electrons. The third-order valence-corrected chi connectivity index (χ3v) is 3.75. The average molecular weight is 235 g/mol. The van der Waals surface area contributed by atoms with Crippen LogP contribution in [0.4, 0.5) is 0 Å². The van der Waals surface area contributed by atoms with Crippen LogP contribution in [0.15, 0.2) is 18.5 Å². The summed E-state index contributed by atoms with van der Waals surface area (Å²) in [6, 6.07) is 3.16. The Labute approximate surface area is 105 Å². The molecule has 0 saturated heterocycles. The molecule has 1 aliphatic carbocycles. The van der Waals surface area contributed by atoms with Crippen molar-refractivity contribution < 1.29 is 0 Å². The summed E-state index contributed by atoms with van der Waals surface area (Å²) in [5, 5.41) is 8.01. The molecule has 2 atom stereocenters. The zero-order valence-corrected chi connectivity index (χ0v) is 11.3. The standard InChI is InChI=1S/C14H25N3/c1-12(11-17-9-5-8-15-17)16-13-6-4-7-14(2,3)10-13/h5,8-9,12-13,16H,4,6-7,10-11H2,1-3H3. The largest absolute Gasteiger partial charge is 0.310 e. The van der Waals surface area contributed by atoms with Crippen molar-refractivity contribution in [2.45, 2.75) is 65.1 Å². The zero-order valence-electron chi connectivity index (χ0n) is 11.3. The summed E-state index contributed by atoms with van der Waals surface area (Å²) < 4.78 is 2.01. The van der Waals surface area contributed by atoms with Gasteiger partial charge < -0.3 is 5.32 Å². The van der Waals surface area contributed by atoms with Crippen LogP contribution in [0.3, 0.4) is 0 Å². The van der Waals surface area contributed by atoms with Gasteiger partial charge in [-0.15, -0.1) is 0 Å². The van der Waals surface area contributed by atoms with Crippen molar-refractivity contribution in [1.82, 2.24) is 15.1 Å². The minimum Gasteiger partial charge on any atom is -0.310 e. The molecule has 0 aliphatic heterocycles. The highest BCUT2D eigenvalue weighted by atomic mass is 15.3. The van der Waals surface area contributed by atoms with Gasteiger partial charge in [0.2, 0.25) is 0 Å². The molecule has 1 aliphatic rings. The highest BCUT2D eigenvalue weighted by molar-refractivity contribution is 4.85. The van der Waals surface area contributed by atoms with E-state index < -0.39 is 0 Å². The summed E-state index contributed by atoms with van der Waals surface area (Å²) in [6.45, 7) is 7.99. The first-order valence-electron chi connectivity index (χ1n) is 6.79. The van der Waals surface area contributed by atoms with Crippen molar-refractivity contribution in [3.05, 3.63) is 18.5 Å². The van der Waals surface area contributed by atoms with Crippen molar-refractivity contribution in [2.24, 2.45) is 5.41 Å². The SMILES string of the molecule is CC(Cn1cccn1)NC1CCCC(C)(C)C1. The van der Waals surface area contributed by atoms with Gasteiger partial charge in [0, 0.05) is 24.5 Å². The van der Waals surface area contributed by atoms with Crippen LogP contribution in [-0.2, 0) is 6.54 Å². The van der Waals surface area contributed by atoms with Crippen LogP contribution < -0.4 is 5.32 Å². The second kappa shape index (κ2) is 5.21. The molecule has 17 heavy (non-hydrogen) atoms. The van der Waals surface area contributed by atoms with Crippen LogP contribution in [0.2, 0.25) is 0 Å². The Hall–Kier alpha value is -0.830. The van der Waals surface area contributed by atoms with E-state index >= 15 is 0 Å². The van der Waals surface area contributed by atoms with E-state index in [-0.39, 0.29) is 0 Å². The van der Waals surface area contributed by atoms with Gasteiger partial charge in [0.25, 0.3) is 0 Å². The van der Waals surface area contributed by atoms with Crippen LogP contribution in [0, 0.1) is 5.41 Å². The quantitative estimate of drug-likeness (QED) is 0.869. The third-order valence-electron chi connectivity index (χ3n) is 3.75. The Morgan fingerprint density at radius 3 is 3.00 bits per heavy atom. The maximum absolute atomic E-state index is 4.25. The van der Waals surface area contributed by atoms with E-state index in [9.17, 15) is 0 Å². The second-order valence-electron chi connectivity index (χ2n) is 6.25. The highest BCUT2D eigenvalue weighted by Crippen LogP contribution is 2.35. The molecular formula is C14H25N3. The summed E-state index contributed by atoms with van der Waals surface area (Å²) in [6.07, 6.45) is 9.24. The monoisotopic (exact) mass is 235 g/mol. The number of nitrogens with one attached hydrogen (secondary N) is 1. The summed E-state index contributed by atoms with van der Waals surface area (Å²) >= 11 is 0. The van der Waals surface area contributed by atoms with Gasteiger partial charge in [-0.1, -0.05) is 20.3 Å². The molecule has 1 aromatic rings. The lowest BCUT2D eigenvalue weighted by molar-refractivity contribution is 0.187. The van der Waals surface area contributed by atoms with E-state index in [1.165, 1.54) is 25.7 Å². The maximum Gasteiger partial charge on any atom is 0.0560 e. The van der Waals surface area contributed by atoms with Gasteiger partial charge in [-0.2, -0.15) is 5.10 Å². The predicted molar refractivity (Wildman–Crippen MR) is 70.9 cm³/mol. The fourth-order valence-corrected chi connectivity index (χ4v) is 2.98. The van der Waals surface area contributed by atoms with Crippen LogP contribution >= 0.6 is 0 Å². The Bertz CT molecular complexity index is 329. The first-order chi connectivity index (χ1) is 8.05. The van der Waals surface area contributed by atoms with E-state index in [4.69, 9.17) is 0 Å². The minimum absolute atomic E-state index is 0.494. The number of hydrogen-bond acceptors (Lipinski definition) is 2. The molecule has 3 heteroatoms. The first-order valence-corrected chi connectivity index (χ1v) is 6.79. The van der Waals surface area contributed by atoms with Gasteiger partial charge in [0.1, 0.15) is 0 Å². The van der Waals surface area contributed by atoms with Gasteiger partial charge in [0.15, 0.2) is 0 Å². The molecule has 1 N–H and O–H groups in total. The Kier molecular flexibility index (Phi) is 3.87. The lowest BCUT2D eigenvalue weighted by Crippen LogP contribution is -2.43. The van der Waals surface area contributed by atoms with Gasteiger partial charge >= 0.3 is 0 Å². The molecule has 0 spiro atoms. The molecule has 1 aromatic heterocycles. The van der Waals surface area contributed by atoms with E-state index in [1.807, 2.05) is 23.1 Å². The van der Waals surface area contributed by atoms with Gasteiger partial charge in [-0.25, -0.2) is 0 Å². The van der Waals surface area contributed by atoms with E-state index in [0.29, 0.717) is 17.5 Å². The predicted octanol–water partition coefficient (Wildman–Crippen LogP) is 2.83. The number of aromatic nitrogens is 2. The van der Waals surface area contributed by atoms with E-state index in [2.05, 4.69) is 31.2 Å². The lowest BCUT2D eigenvalue weighted by Gasteiger charge is -2.37. The normalized spacial score (nSPS) is 25.7. The Balaban J connectivity index is 1.80. The molecular weight excluding hydrogens is 210 g/mol. The molecule has 2 unspecified atom stereocenters. The van der Waals surface area contributed by atoms with Crippen LogP contribution in [0.5, 0.6) is 0 Å². The molecule has 3 nitrogen and oxygen atoms in total. The molecule has 0 bridgehead atoms. The van der Waals surface area contributed by atoms with Crippen molar-refractivity contribution >= 4 is 0 Å². The molecule has 0 amide bonds. The van der Waals surface area contributed by atoms with Crippen molar-refractivity contribution in [3.63, 3.8) is 0 Å². The summed E-state index contributed by atoms with van der Waals surface area (Å²) in [4.78, 5) is 0. The first kappa shape index (κ1) is 12.6.